The molecule has 2 aromatic rings. The van der Waals surface area contributed by atoms with Crippen LogP contribution in [0.25, 0.3) is 0 Å². The Labute approximate surface area is 134 Å². The van der Waals surface area contributed by atoms with Gasteiger partial charge in [-0.25, -0.2) is 22.8 Å². The van der Waals surface area contributed by atoms with E-state index in [1.807, 2.05) is 20.8 Å². The zero-order valence-corrected chi connectivity index (χ0v) is 14.2. The lowest BCUT2D eigenvalue weighted by Gasteiger charge is -2.13. The van der Waals surface area contributed by atoms with Gasteiger partial charge in [0.2, 0.25) is 11.8 Å². The van der Waals surface area contributed by atoms with Gasteiger partial charge in [-0.15, -0.1) is 0 Å². The van der Waals surface area contributed by atoms with Crippen molar-refractivity contribution in [2.75, 3.05) is 6.61 Å². The Morgan fingerprint density at radius 1 is 1.39 bits per heavy atom. The zero-order chi connectivity index (χ0) is 16.7. The van der Waals surface area contributed by atoms with Crippen molar-refractivity contribution in [3.63, 3.8) is 0 Å². The number of ether oxygens (including phenoxy) is 1. The van der Waals surface area contributed by atoms with Crippen molar-refractivity contribution in [2.45, 2.75) is 50.8 Å². The van der Waals surface area contributed by atoms with E-state index in [2.05, 4.69) is 14.8 Å². The van der Waals surface area contributed by atoms with Gasteiger partial charge in [0.05, 0.1) is 25.0 Å². The molecule has 0 saturated carbocycles. The molecule has 8 nitrogen and oxygen atoms in total. The fourth-order valence-corrected chi connectivity index (χ4v) is 3.03. The number of hydrogen-bond acceptors (Lipinski definition) is 6. The lowest BCUT2D eigenvalue weighted by Crippen LogP contribution is -2.23. The molecule has 3 rings (SSSR count). The van der Waals surface area contributed by atoms with E-state index in [0.717, 1.165) is 13.0 Å². The Kier molecular flexibility index (Phi) is 3.93. The van der Waals surface area contributed by atoms with Crippen LogP contribution in [0.1, 0.15) is 38.8 Å². The molecule has 0 spiro atoms. The molecule has 2 aromatic heterocycles. The van der Waals surface area contributed by atoms with Crippen LogP contribution in [0.15, 0.2) is 21.8 Å². The van der Waals surface area contributed by atoms with Gasteiger partial charge in [-0.3, -0.25) is 0 Å². The highest BCUT2D eigenvalue weighted by Crippen LogP contribution is 2.23. The van der Waals surface area contributed by atoms with Gasteiger partial charge in [0.1, 0.15) is 0 Å². The summed E-state index contributed by atoms with van der Waals surface area (Å²) in [7, 11) is -3.77. The van der Waals surface area contributed by atoms with E-state index < -0.39 is 10.0 Å². The molecule has 126 valence electrons. The minimum absolute atomic E-state index is 0.0667. The average Bonchev–Trinajstić information content (AvgIpc) is 3.11. The highest BCUT2D eigenvalue weighted by atomic mass is 32.2. The Bertz CT molecular complexity index is 778. The van der Waals surface area contributed by atoms with Crippen molar-refractivity contribution in [1.82, 2.24) is 19.5 Å². The van der Waals surface area contributed by atoms with Gasteiger partial charge in [0.25, 0.3) is 15.1 Å². The first-order chi connectivity index (χ1) is 10.8. The van der Waals surface area contributed by atoms with Crippen LogP contribution in [0.4, 0.5) is 0 Å². The van der Waals surface area contributed by atoms with Gasteiger partial charge in [-0.1, -0.05) is 20.8 Å². The van der Waals surface area contributed by atoms with Gasteiger partial charge in [0, 0.05) is 24.4 Å². The van der Waals surface area contributed by atoms with E-state index >= 15 is 0 Å². The summed E-state index contributed by atoms with van der Waals surface area (Å²) in [5, 5.41) is 4.12. The molecule has 0 radical (unpaired) electrons. The second kappa shape index (κ2) is 5.64. The topological polar surface area (TPSA) is 99.2 Å². The van der Waals surface area contributed by atoms with Crippen molar-refractivity contribution in [2.24, 2.45) is 0 Å². The summed E-state index contributed by atoms with van der Waals surface area (Å²) in [5.41, 5.74) is 0.245. The maximum absolute atomic E-state index is 12.3. The quantitative estimate of drug-likeness (QED) is 0.904. The van der Waals surface area contributed by atoms with Crippen molar-refractivity contribution in [3.05, 3.63) is 23.8 Å². The van der Waals surface area contributed by atoms with Crippen molar-refractivity contribution >= 4 is 10.0 Å². The second-order valence-corrected chi connectivity index (χ2v) is 8.16. The van der Waals surface area contributed by atoms with E-state index in [-0.39, 0.29) is 17.1 Å². The van der Waals surface area contributed by atoms with E-state index in [9.17, 15) is 8.42 Å². The fourth-order valence-electron chi connectivity index (χ4n) is 2.17. The zero-order valence-electron chi connectivity index (χ0n) is 13.4. The van der Waals surface area contributed by atoms with Gasteiger partial charge < -0.3 is 9.15 Å². The fraction of sp³-hybridized carbons (Fsp3) is 0.571. The molecule has 1 aliphatic heterocycles. The van der Waals surface area contributed by atoms with Crippen molar-refractivity contribution in [3.8, 4) is 5.88 Å². The average molecular weight is 340 g/mol. The third-order valence-electron chi connectivity index (χ3n) is 3.39. The lowest BCUT2D eigenvalue weighted by molar-refractivity contribution is 0.230. The van der Waals surface area contributed by atoms with Crippen LogP contribution in [-0.2, 0) is 28.5 Å². The molecule has 9 heteroatoms. The minimum Gasteiger partial charge on any atom is -0.478 e. The molecule has 0 unspecified atom stereocenters. The van der Waals surface area contributed by atoms with Gasteiger partial charge in [-0.2, -0.15) is 5.10 Å². The van der Waals surface area contributed by atoms with Gasteiger partial charge in [-0.05, 0) is 0 Å². The molecule has 0 amide bonds. The molecule has 0 aromatic carbocycles. The molecular formula is C14H20N4O4S. The van der Waals surface area contributed by atoms with E-state index in [1.54, 1.807) is 10.7 Å². The predicted octanol–water partition coefficient (Wildman–Crippen LogP) is 1.43. The lowest BCUT2D eigenvalue weighted by atomic mass is 9.97. The molecule has 0 atom stereocenters. The maximum Gasteiger partial charge on any atom is 0.276 e. The summed E-state index contributed by atoms with van der Waals surface area (Å²) in [6.45, 7) is 7.20. The first-order valence-electron chi connectivity index (χ1n) is 7.41. The number of hydrogen-bond donors (Lipinski definition) is 1. The van der Waals surface area contributed by atoms with Crippen LogP contribution in [-0.4, -0.2) is 29.8 Å². The summed E-state index contributed by atoms with van der Waals surface area (Å²) >= 11 is 0. The van der Waals surface area contributed by atoms with Crippen molar-refractivity contribution < 1.29 is 17.6 Å². The Morgan fingerprint density at radius 2 is 2.17 bits per heavy atom. The Hall–Kier alpha value is -1.87. The molecule has 0 fully saturated rings. The van der Waals surface area contributed by atoms with Crippen LogP contribution in [0.2, 0.25) is 0 Å². The highest BCUT2D eigenvalue weighted by molar-refractivity contribution is 7.89. The van der Waals surface area contributed by atoms with Crippen LogP contribution < -0.4 is 9.46 Å². The largest absolute Gasteiger partial charge is 0.478 e. The first-order valence-corrected chi connectivity index (χ1v) is 8.89. The summed E-state index contributed by atoms with van der Waals surface area (Å²) < 4.78 is 39.6. The molecule has 23 heavy (non-hydrogen) atoms. The van der Waals surface area contributed by atoms with E-state index in [4.69, 9.17) is 9.15 Å². The molecule has 0 bridgehead atoms. The van der Waals surface area contributed by atoms with Gasteiger partial charge in [0.15, 0.2) is 0 Å². The Balaban J connectivity index is 1.71. The molecular weight excluding hydrogens is 320 g/mol. The third-order valence-corrected chi connectivity index (χ3v) is 4.63. The molecule has 1 aliphatic rings. The SMILES string of the molecule is CC(C)(C)c1ncc(S(=O)(=O)NCc2cc3n(n2)CCCO3)o1. The normalized spacial score (nSPS) is 15.3. The Morgan fingerprint density at radius 3 is 2.83 bits per heavy atom. The maximum atomic E-state index is 12.3. The number of sulfonamides is 1. The second-order valence-electron chi connectivity index (χ2n) is 6.46. The number of aryl methyl sites for hydroxylation is 1. The van der Waals surface area contributed by atoms with E-state index in [0.29, 0.717) is 24.1 Å². The monoisotopic (exact) mass is 340 g/mol. The van der Waals surface area contributed by atoms with Crippen LogP contribution in [0.5, 0.6) is 5.88 Å². The summed E-state index contributed by atoms with van der Waals surface area (Å²) in [6, 6.07) is 1.74. The molecule has 1 N–H and O–H groups in total. The van der Waals surface area contributed by atoms with Crippen LogP contribution in [0.3, 0.4) is 0 Å². The van der Waals surface area contributed by atoms with Crippen LogP contribution >= 0.6 is 0 Å². The molecule has 0 saturated heterocycles. The third kappa shape index (κ3) is 3.40. The smallest absolute Gasteiger partial charge is 0.276 e. The number of fused-ring (bicyclic) bond motifs is 1. The van der Waals surface area contributed by atoms with Crippen LogP contribution in [0, 0.1) is 0 Å². The minimum atomic E-state index is -3.77. The number of nitrogens with one attached hydrogen (secondary N) is 1. The van der Waals surface area contributed by atoms with Crippen molar-refractivity contribution in [1.29, 1.82) is 0 Å². The number of nitrogens with zero attached hydrogens (tertiary/aromatic N) is 3. The first kappa shape index (κ1) is 16.0. The van der Waals surface area contributed by atoms with E-state index in [1.165, 1.54) is 6.20 Å². The van der Waals surface area contributed by atoms with Gasteiger partial charge >= 0.3 is 0 Å². The summed E-state index contributed by atoms with van der Waals surface area (Å²) in [6.07, 6.45) is 2.12. The standard InChI is InChI=1S/C14H20N4O4S/c1-14(2,3)13-15-9-12(22-13)23(19,20)16-8-10-7-11-18(17-10)5-4-6-21-11/h7,9,16H,4-6,8H2,1-3H3. The predicted molar refractivity (Wildman–Crippen MR) is 81.6 cm³/mol. The molecule has 3 heterocycles. The summed E-state index contributed by atoms with van der Waals surface area (Å²) in [4.78, 5) is 4.04. The summed E-state index contributed by atoms with van der Waals surface area (Å²) in [5.74, 6) is 1.05. The molecule has 0 aliphatic carbocycles. The number of rotatable bonds is 4. The highest BCUT2D eigenvalue weighted by Gasteiger charge is 2.26. The number of oxazole rings is 1. The number of aromatic nitrogens is 3.